The predicted octanol–water partition coefficient (Wildman–Crippen LogP) is -3.51. The maximum Gasteiger partial charge on any atom is 1.00 e. The molecule has 0 aromatic heterocycles. The van der Waals surface area contributed by atoms with Gasteiger partial charge in [-0.2, -0.15) is 6.92 Å². The van der Waals surface area contributed by atoms with Crippen LogP contribution in [0.5, 0.6) is 0 Å². The fourth-order valence-corrected chi connectivity index (χ4v) is 0.435. The molecule has 0 aromatic carbocycles. The molecule has 7 nitrogen and oxygen atoms in total. The first-order chi connectivity index (χ1) is 7.97. The van der Waals surface area contributed by atoms with Crippen LogP contribution in [-0.4, -0.2) is 37.7 Å². The van der Waals surface area contributed by atoms with E-state index in [9.17, 15) is 14.4 Å². The Bertz CT molecular complexity index is 232. The number of ether oxygens (including phenoxy) is 1. The smallest absolute Gasteiger partial charge is 1.00 e. The average Bonchev–Trinajstić information content (AvgIpc) is 3.03. The average molecular weight is 283 g/mol. The van der Waals surface area contributed by atoms with Crippen LogP contribution in [-0.2, 0) is 28.6 Å². The van der Waals surface area contributed by atoms with E-state index in [2.05, 4.69) is 12.5 Å². The Morgan fingerprint density at radius 3 is 1.47 bits per heavy atom. The number of hydrogen-bond acceptors (Lipinski definition) is 6. The summed E-state index contributed by atoms with van der Waals surface area (Å²) in [5.41, 5.74) is 0. The topological polar surface area (TPSA) is 126 Å². The van der Waals surface area contributed by atoms with Crippen molar-refractivity contribution in [3.05, 3.63) is 0 Å². The summed E-state index contributed by atoms with van der Waals surface area (Å²) in [6.45, 7) is 3.68. The molecule has 103 valence electrons. The molecule has 0 saturated heterocycles. The number of carbonyl (C=O) groups excluding carboxylic acids is 4. The molecule has 0 atom stereocenters. The zero-order valence-electron chi connectivity index (χ0n) is 11.6. The summed E-state index contributed by atoms with van der Waals surface area (Å²) in [7, 11) is 3.25. The molecular weight excluding hydrogens is 266 g/mol. The molecule has 1 fully saturated rings. The fourth-order valence-electron chi connectivity index (χ4n) is 0.435. The second-order valence-corrected chi connectivity index (χ2v) is 2.76. The molecule has 0 bridgehead atoms. The quantitative estimate of drug-likeness (QED) is 0.161. The van der Waals surface area contributed by atoms with Gasteiger partial charge >= 0.3 is 53.9 Å². The van der Waals surface area contributed by atoms with Gasteiger partial charge < -0.3 is 19.8 Å². The van der Waals surface area contributed by atoms with Gasteiger partial charge in [0.15, 0.2) is 0 Å². The van der Waals surface area contributed by atoms with Crippen LogP contribution in [0.3, 0.4) is 0 Å². The maximum atomic E-state index is 9.81. The molecule has 0 aromatic rings. The van der Waals surface area contributed by atoms with Gasteiger partial charge in [0.1, 0.15) is 6.29 Å². The van der Waals surface area contributed by atoms with Crippen LogP contribution in [0.15, 0.2) is 0 Å². The standard InChI is InChI=1S/C4H6O3.C4H6O.C2H3O.BO.Na.H2O/c1-3(5)7-4(2)6;5-3-4-1-2-4;1-2-3;1-2;;/h1-2H3;3-4H,1-2H2;1H3;;;1H2/q;;-1;;+1;. The number of aldehydes is 1. The van der Waals surface area contributed by atoms with Crippen LogP contribution in [0.4, 0.5) is 0 Å². The van der Waals surface area contributed by atoms with Gasteiger partial charge in [-0.25, -0.2) is 0 Å². The first-order valence-electron chi connectivity index (χ1n) is 4.64. The van der Waals surface area contributed by atoms with Gasteiger partial charge in [-0.3, -0.25) is 15.9 Å². The Balaban J connectivity index is -0.0000000486. The zero-order valence-corrected chi connectivity index (χ0v) is 13.6. The monoisotopic (exact) mass is 283 g/mol. The van der Waals surface area contributed by atoms with Crippen molar-refractivity contribution in [3.63, 3.8) is 0 Å². The third-order valence-corrected chi connectivity index (χ3v) is 1.10. The van der Waals surface area contributed by atoms with Crippen LogP contribution in [0.1, 0.15) is 33.6 Å². The summed E-state index contributed by atoms with van der Waals surface area (Å²) in [5.74, 6) is -0.671. The Labute approximate surface area is 135 Å². The van der Waals surface area contributed by atoms with Crippen LogP contribution < -0.4 is 29.6 Å². The van der Waals surface area contributed by atoms with Crippen LogP contribution in [0.25, 0.3) is 0 Å². The second kappa shape index (κ2) is 26.0. The third-order valence-electron chi connectivity index (χ3n) is 1.10. The van der Waals surface area contributed by atoms with Gasteiger partial charge in [-0.15, -0.1) is 0 Å². The Morgan fingerprint density at radius 1 is 1.21 bits per heavy atom. The molecule has 1 rings (SSSR count). The third kappa shape index (κ3) is 58.8. The largest absolute Gasteiger partial charge is 1.00 e. The minimum absolute atomic E-state index is 0. The summed E-state index contributed by atoms with van der Waals surface area (Å²) in [6.07, 6.45) is 4.81. The Kier molecular flexibility index (Phi) is 42.4. The SMILES string of the molecule is CC(=O)OC(C)=O.C[C-]=O.O.O=CC1CC1.[B]=O.[Na+]. The van der Waals surface area contributed by atoms with E-state index in [1.54, 1.807) is 0 Å². The van der Waals surface area contributed by atoms with E-state index in [-0.39, 0.29) is 35.0 Å². The zero-order chi connectivity index (χ0) is 14.3. The minimum atomic E-state index is -0.562. The first-order valence-corrected chi connectivity index (χ1v) is 4.64. The van der Waals surface area contributed by atoms with Crippen LogP contribution in [0, 0.1) is 5.92 Å². The predicted molar refractivity (Wildman–Crippen MR) is 62.7 cm³/mol. The molecule has 0 heterocycles. The van der Waals surface area contributed by atoms with Gasteiger partial charge in [0.25, 0.3) is 0 Å². The molecule has 1 radical (unpaired) electrons. The van der Waals surface area contributed by atoms with E-state index in [0.717, 1.165) is 19.1 Å². The Hall–Kier alpha value is -0.695. The molecule has 0 aliphatic heterocycles. The van der Waals surface area contributed by atoms with Crippen molar-refractivity contribution in [1.82, 2.24) is 0 Å². The maximum absolute atomic E-state index is 9.81. The molecule has 1 aliphatic carbocycles. The fraction of sp³-hybridized carbons (Fsp3) is 0.600. The van der Waals surface area contributed by atoms with Gasteiger partial charge in [-0.05, 0) is 12.8 Å². The van der Waals surface area contributed by atoms with Crippen LogP contribution >= 0.6 is 0 Å². The number of hydrogen-bond donors (Lipinski definition) is 0. The van der Waals surface area contributed by atoms with E-state index < -0.39 is 11.9 Å². The summed E-state index contributed by atoms with van der Waals surface area (Å²) in [4.78, 5) is 37.9. The van der Waals surface area contributed by atoms with E-state index in [0.29, 0.717) is 5.92 Å². The van der Waals surface area contributed by atoms with Gasteiger partial charge in [0.05, 0.1) is 0 Å². The van der Waals surface area contributed by atoms with Crippen molar-refractivity contribution in [1.29, 1.82) is 0 Å². The molecule has 1 saturated carbocycles. The summed E-state index contributed by atoms with van der Waals surface area (Å²) in [6, 6.07) is 0. The number of carbonyl (C=O) groups is 3. The molecule has 0 unspecified atom stereocenters. The molecule has 2 N–H and O–H groups in total. The van der Waals surface area contributed by atoms with Crippen molar-refractivity contribution in [3.8, 4) is 0 Å². The summed E-state index contributed by atoms with van der Waals surface area (Å²) in [5, 5.41) is 0. The van der Waals surface area contributed by atoms with Crippen LogP contribution in [0.2, 0.25) is 0 Å². The minimum Gasteiger partial charge on any atom is 1.00 e. The van der Waals surface area contributed by atoms with Gasteiger partial charge in [-0.1, -0.05) is 0 Å². The molecular formula is C10H17BNaO7. The Morgan fingerprint density at radius 2 is 1.47 bits per heavy atom. The summed E-state index contributed by atoms with van der Waals surface area (Å²) >= 11 is 0. The van der Waals surface area contributed by atoms with Gasteiger partial charge in [0, 0.05) is 19.8 Å². The molecule has 0 amide bonds. The number of esters is 2. The summed E-state index contributed by atoms with van der Waals surface area (Å²) < 4.78 is 11.7. The molecule has 9 heteroatoms. The molecule has 19 heavy (non-hydrogen) atoms. The molecule has 1 aliphatic rings. The van der Waals surface area contributed by atoms with E-state index in [1.807, 2.05) is 0 Å². The van der Waals surface area contributed by atoms with E-state index in [1.165, 1.54) is 27.1 Å². The van der Waals surface area contributed by atoms with Gasteiger partial charge in [0.2, 0.25) is 0 Å². The van der Waals surface area contributed by atoms with Crippen molar-refractivity contribution < 1.29 is 63.7 Å². The van der Waals surface area contributed by atoms with Crippen molar-refractivity contribution in [2.24, 2.45) is 5.92 Å². The molecule has 0 spiro atoms. The number of rotatable bonds is 1. The van der Waals surface area contributed by atoms with Crippen molar-refractivity contribution >= 4 is 32.2 Å². The van der Waals surface area contributed by atoms with E-state index in [4.69, 9.17) is 9.50 Å². The van der Waals surface area contributed by atoms with Crippen molar-refractivity contribution in [2.45, 2.75) is 33.6 Å². The second-order valence-electron chi connectivity index (χ2n) is 2.76. The van der Waals surface area contributed by atoms with Crippen molar-refractivity contribution in [2.75, 3.05) is 0 Å². The first kappa shape index (κ1) is 31.0. The normalized spacial score (nSPS) is 9.58. The van der Waals surface area contributed by atoms with E-state index >= 15 is 0 Å².